The third-order valence-electron chi connectivity index (χ3n) is 4.69. The number of nitrogens with one attached hydrogen (secondary N) is 1. The number of aryl methyl sites for hydroxylation is 2. The van der Waals surface area contributed by atoms with Crippen molar-refractivity contribution < 1.29 is 9.18 Å². The summed E-state index contributed by atoms with van der Waals surface area (Å²) in [5, 5.41) is 11.7. The predicted octanol–water partition coefficient (Wildman–Crippen LogP) is 4.21. The second kappa shape index (κ2) is 8.56. The summed E-state index contributed by atoms with van der Waals surface area (Å²) >= 11 is 1.27. The lowest BCUT2D eigenvalue weighted by Crippen LogP contribution is -2.28. The zero-order valence-electron chi connectivity index (χ0n) is 16.4. The molecule has 146 valence electrons. The molecule has 0 saturated carbocycles. The SMILES string of the molecule is Cc1ccc([C@H](C)NC(=O)CSc2nnc(-c3ccccc3F)n2C)cc1C. The van der Waals surface area contributed by atoms with Crippen molar-refractivity contribution in [2.45, 2.75) is 32.0 Å². The van der Waals surface area contributed by atoms with Crippen LogP contribution in [-0.4, -0.2) is 26.4 Å². The molecule has 1 amide bonds. The molecule has 0 bridgehead atoms. The van der Waals surface area contributed by atoms with Crippen LogP contribution in [-0.2, 0) is 11.8 Å². The molecule has 3 rings (SSSR count). The first-order chi connectivity index (χ1) is 13.4. The fraction of sp³-hybridized carbons (Fsp3) is 0.286. The maximum absolute atomic E-state index is 14.0. The molecule has 1 heterocycles. The van der Waals surface area contributed by atoms with E-state index in [0.29, 0.717) is 16.5 Å². The molecule has 5 nitrogen and oxygen atoms in total. The summed E-state index contributed by atoms with van der Waals surface area (Å²) in [5.41, 5.74) is 3.89. The fourth-order valence-corrected chi connectivity index (χ4v) is 3.57. The van der Waals surface area contributed by atoms with Crippen molar-refractivity contribution in [3.63, 3.8) is 0 Å². The minimum absolute atomic E-state index is 0.0825. The molecule has 0 aliphatic heterocycles. The van der Waals surface area contributed by atoms with E-state index in [9.17, 15) is 9.18 Å². The quantitative estimate of drug-likeness (QED) is 0.632. The van der Waals surface area contributed by atoms with Gasteiger partial charge in [-0.05, 0) is 49.6 Å². The lowest BCUT2D eigenvalue weighted by atomic mass is 10.0. The van der Waals surface area contributed by atoms with Crippen molar-refractivity contribution in [1.29, 1.82) is 0 Å². The first kappa shape index (κ1) is 20.1. The van der Waals surface area contributed by atoms with Gasteiger partial charge in [-0.25, -0.2) is 4.39 Å². The van der Waals surface area contributed by atoms with Crippen LogP contribution < -0.4 is 5.32 Å². The third kappa shape index (κ3) is 4.42. The van der Waals surface area contributed by atoms with Crippen LogP contribution in [0.1, 0.15) is 29.7 Å². The maximum Gasteiger partial charge on any atom is 0.230 e. The highest BCUT2D eigenvalue weighted by molar-refractivity contribution is 7.99. The summed E-state index contributed by atoms with van der Waals surface area (Å²) in [5.74, 6) is 0.198. The van der Waals surface area contributed by atoms with Gasteiger partial charge in [-0.15, -0.1) is 10.2 Å². The van der Waals surface area contributed by atoms with E-state index in [4.69, 9.17) is 0 Å². The number of amides is 1. The van der Waals surface area contributed by atoms with Crippen LogP contribution in [0.5, 0.6) is 0 Å². The Morgan fingerprint density at radius 3 is 2.64 bits per heavy atom. The zero-order valence-corrected chi connectivity index (χ0v) is 17.2. The van der Waals surface area contributed by atoms with E-state index in [1.807, 2.05) is 13.0 Å². The number of carbonyl (C=O) groups is 1. The van der Waals surface area contributed by atoms with Crippen LogP contribution in [0, 0.1) is 19.7 Å². The highest BCUT2D eigenvalue weighted by Gasteiger charge is 2.16. The average molecular weight is 399 g/mol. The molecule has 0 spiro atoms. The standard InChI is InChI=1S/C21H23FN4OS/c1-13-9-10-16(11-14(13)2)15(3)23-19(27)12-28-21-25-24-20(26(21)4)17-7-5-6-8-18(17)22/h5-11,15H,12H2,1-4H3,(H,23,27)/t15-/m0/s1. The number of hydrogen-bond acceptors (Lipinski definition) is 4. The van der Waals surface area contributed by atoms with Crippen LogP contribution in [0.15, 0.2) is 47.6 Å². The Bertz CT molecular complexity index is 1000. The van der Waals surface area contributed by atoms with Gasteiger partial charge in [0.25, 0.3) is 0 Å². The highest BCUT2D eigenvalue weighted by atomic mass is 32.2. The monoisotopic (exact) mass is 398 g/mol. The van der Waals surface area contributed by atoms with E-state index in [2.05, 4.69) is 41.5 Å². The molecule has 7 heteroatoms. The van der Waals surface area contributed by atoms with E-state index < -0.39 is 0 Å². The molecular weight excluding hydrogens is 375 g/mol. The molecule has 28 heavy (non-hydrogen) atoms. The molecule has 3 aromatic rings. The minimum atomic E-state index is -0.352. The lowest BCUT2D eigenvalue weighted by molar-refractivity contribution is -0.119. The van der Waals surface area contributed by atoms with Crippen LogP contribution >= 0.6 is 11.8 Å². The zero-order chi connectivity index (χ0) is 20.3. The van der Waals surface area contributed by atoms with Crippen molar-refractivity contribution in [3.05, 3.63) is 65.0 Å². The van der Waals surface area contributed by atoms with Crippen LogP contribution in [0.3, 0.4) is 0 Å². The second-order valence-corrected chi connectivity index (χ2v) is 7.71. The summed E-state index contributed by atoms with van der Waals surface area (Å²) in [6.45, 7) is 6.09. The Labute approximate surface area is 168 Å². The molecule has 0 unspecified atom stereocenters. The minimum Gasteiger partial charge on any atom is -0.349 e. The van der Waals surface area contributed by atoms with Gasteiger partial charge in [0.15, 0.2) is 11.0 Å². The molecular formula is C21H23FN4OS. The largest absolute Gasteiger partial charge is 0.349 e. The maximum atomic E-state index is 14.0. The van der Waals surface area contributed by atoms with Gasteiger partial charge >= 0.3 is 0 Å². The lowest BCUT2D eigenvalue weighted by Gasteiger charge is -2.15. The molecule has 1 N–H and O–H groups in total. The molecule has 1 atom stereocenters. The van der Waals surface area contributed by atoms with Crippen LogP contribution in [0.25, 0.3) is 11.4 Å². The first-order valence-corrected chi connectivity index (χ1v) is 9.99. The number of hydrogen-bond donors (Lipinski definition) is 1. The Morgan fingerprint density at radius 2 is 1.93 bits per heavy atom. The molecule has 1 aromatic heterocycles. The number of benzene rings is 2. The van der Waals surface area contributed by atoms with E-state index in [1.165, 1.54) is 29.0 Å². The van der Waals surface area contributed by atoms with Gasteiger partial charge in [0.2, 0.25) is 5.91 Å². The summed E-state index contributed by atoms with van der Waals surface area (Å²) in [4.78, 5) is 12.3. The number of carbonyl (C=O) groups excluding carboxylic acids is 1. The third-order valence-corrected chi connectivity index (χ3v) is 5.71. The molecule has 0 aliphatic rings. The van der Waals surface area contributed by atoms with Gasteiger partial charge in [0.05, 0.1) is 17.4 Å². The van der Waals surface area contributed by atoms with Crippen LogP contribution in [0.4, 0.5) is 4.39 Å². The van der Waals surface area contributed by atoms with E-state index in [-0.39, 0.29) is 23.5 Å². The Hall–Kier alpha value is -2.67. The Morgan fingerprint density at radius 1 is 1.18 bits per heavy atom. The number of thioether (sulfide) groups is 1. The van der Waals surface area contributed by atoms with Crippen molar-refractivity contribution in [3.8, 4) is 11.4 Å². The van der Waals surface area contributed by atoms with Gasteiger partial charge in [0.1, 0.15) is 5.82 Å². The van der Waals surface area contributed by atoms with E-state index in [0.717, 1.165) is 5.56 Å². The van der Waals surface area contributed by atoms with Crippen molar-refractivity contribution in [2.24, 2.45) is 7.05 Å². The molecule has 0 fully saturated rings. The Balaban J connectivity index is 1.62. The topological polar surface area (TPSA) is 59.8 Å². The summed E-state index contributed by atoms with van der Waals surface area (Å²) in [6.07, 6.45) is 0. The van der Waals surface area contributed by atoms with Gasteiger partial charge in [-0.1, -0.05) is 42.1 Å². The van der Waals surface area contributed by atoms with Gasteiger partial charge < -0.3 is 9.88 Å². The predicted molar refractivity (Wildman–Crippen MR) is 110 cm³/mol. The second-order valence-electron chi connectivity index (χ2n) is 6.77. The van der Waals surface area contributed by atoms with Gasteiger partial charge in [-0.3, -0.25) is 4.79 Å². The van der Waals surface area contributed by atoms with Gasteiger partial charge in [-0.2, -0.15) is 0 Å². The number of aromatic nitrogens is 3. The molecule has 0 aliphatic carbocycles. The number of halogens is 1. The fourth-order valence-electron chi connectivity index (χ4n) is 2.85. The van der Waals surface area contributed by atoms with Crippen LogP contribution in [0.2, 0.25) is 0 Å². The summed E-state index contributed by atoms with van der Waals surface area (Å²) < 4.78 is 15.7. The Kier molecular flexibility index (Phi) is 6.14. The van der Waals surface area contributed by atoms with Crippen molar-refractivity contribution in [2.75, 3.05) is 5.75 Å². The first-order valence-electron chi connectivity index (χ1n) is 9.00. The average Bonchev–Trinajstić information content (AvgIpc) is 3.03. The van der Waals surface area contributed by atoms with Crippen molar-refractivity contribution in [1.82, 2.24) is 20.1 Å². The summed E-state index contributed by atoms with van der Waals surface area (Å²) in [6, 6.07) is 12.5. The summed E-state index contributed by atoms with van der Waals surface area (Å²) in [7, 11) is 1.76. The highest BCUT2D eigenvalue weighted by Crippen LogP contribution is 2.24. The molecule has 0 radical (unpaired) electrons. The normalized spacial score (nSPS) is 12.0. The van der Waals surface area contributed by atoms with Gasteiger partial charge in [0, 0.05) is 7.05 Å². The van der Waals surface area contributed by atoms with E-state index >= 15 is 0 Å². The van der Waals surface area contributed by atoms with Crippen molar-refractivity contribution >= 4 is 17.7 Å². The number of rotatable bonds is 6. The molecule has 2 aromatic carbocycles. The van der Waals surface area contributed by atoms with E-state index in [1.54, 1.807) is 29.8 Å². The molecule has 0 saturated heterocycles. The number of nitrogens with zero attached hydrogens (tertiary/aromatic N) is 3. The smallest absolute Gasteiger partial charge is 0.230 e.